The maximum atomic E-state index is 2.47. The second-order valence-electron chi connectivity index (χ2n) is 18.0. The highest BCUT2D eigenvalue weighted by molar-refractivity contribution is 6.23. The van der Waals surface area contributed by atoms with E-state index in [9.17, 15) is 0 Å². The van der Waals surface area contributed by atoms with Crippen molar-refractivity contribution in [3.63, 3.8) is 0 Å². The molecule has 68 heavy (non-hydrogen) atoms. The summed E-state index contributed by atoms with van der Waals surface area (Å²) >= 11 is 0. The van der Waals surface area contributed by atoms with Gasteiger partial charge in [-0.25, -0.2) is 0 Å². The lowest BCUT2D eigenvalue weighted by Crippen LogP contribution is -1.94. The first-order chi connectivity index (χ1) is 33.7. The topological polar surface area (TPSA) is 0 Å². The molecule has 13 rings (SSSR count). The largest absolute Gasteiger partial charge is 0.0622 e. The Kier molecular flexibility index (Phi) is 9.62. The summed E-state index contributed by atoms with van der Waals surface area (Å²) in [7, 11) is 0. The van der Waals surface area contributed by atoms with E-state index in [-0.39, 0.29) is 0 Å². The Morgan fingerprint density at radius 3 is 0.985 bits per heavy atom. The van der Waals surface area contributed by atoms with Crippen LogP contribution in [0.5, 0.6) is 0 Å². The van der Waals surface area contributed by atoms with Gasteiger partial charge in [-0.15, -0.1) is 0 Å². The normalized spacial score (nSPS) is 11.5. The van der Waals surface area contributed by atoms with Gasteiger partial charge < -0.3 is 0 Å². The smallest absolute Gasteiger partial charge is 0.00199 e. The SMILES string of the molecule is c1ccc(-c2ccc(-c3ccc4c(c3)c(-c3ccc5ccccc5c3)c(-c3ccc5ccccc5c3)c3cc(-c5cc6ccccc6cc5-c5ccccc5)ccc34)cc2-c2ccccc2)cc1. The molecule has 0 saturated carbocycles. The van der Waals surface area contributed by atoms with Crippen LogP contribution >= 0.6 is 0 Å². The summed E-state index contributed by atoms with van der Waals surface area (Å²) in [4.78, 5) is 0. The zero-order chi connectivity index (χ0) is 45.0. The number of fused-ring (bicyclic) bond motifs is 6. The highest BCUT2D eigenvalue weighted by atomic mass is 14.2. The van der Waals surface area contributed by atoms with Crippen LogP contribution in [0.25, 0.3) is 132 Å². The van der Waals surface area contributed by atoms with Gasteiger partial charge in [0.1, 0.15) is 0 Å². The van der Waals surface area contributed by atoms with Crippen molar-refractivity contribution < 1.29 is 0 Å². The first kappa shape index (κ1) is 39.5. The molecule has 0 nitrogen and oxygen atoms in total. The number of hydrogen-bond donors (Lipinski definition) is 0. The van der Waals surface area contributed by atoms with Gasteiger partial charge in [-0.1, -0.05) is 224 Å². The highest BCUT2D eigenvalue weighted by Crippen LogP contribution is 2.49. The van der Waals surface area contributed by atoms with Crippen LogP contribution in [0.2, 0.25) is 0 Å². The van der Waals surface area contributed by atoms with Gasteiger partial charge in [0.2, 0.25) is 0 Å². The van der Waals surface area contributed by atoms with E-state index in [1.54, 1.807) is 0 Å². The van der Waals surface area contributed by atoms with Gasteiger partial charge in [0, 0.05) is 0 Å². The Hall–Kier alpha value is -8.84. The monoisotopic (exact) mass is 860 g/mol. The average molecular weight is 861 g/mol. The van der Waals surface area contributed by atoms with E-state index in [2.05, 4.69) is 267 Å². The molecule has 0 fully saturated rings. The Bertz CT molecular complexity index is 4050. The van der Waals surface area contributed by atoms with Crippen molar-refractivity contribution >= 4 is 53.9 Å². The third kappa shape index (κ3) is 6.94. The lowest BCUT2D eigenvalue weighted by Gasteiger charge is -2.21. The van der Waals surface area contributed by atoms with E-state index in [4.69, 9.17) is 0 Å². The summed E-state index contributed by atoms with van der Waals surface area (Å²) in [5.41, 5.74) is 16.9. The number of benzene rings is 13. The molecular weight excluding hydrogens is 817 g/mol. The van der Waals surface area contributed by atoms with Crippen molar-refractivity contribution in [2.24, 2.45) is 0 Å². The van der Waals surface area contributed by atoms with E-state index in [0.717, 1.165) is 0 Å². The Balaban J connectivity index is 1.13. The maximum absolute atomic E-state index is 2.47. The second-order valence-corrected chi connectivity index (χ2v) is 18.0. The standard InChI is InChI=1S/C68H44/c1-4-18-47(19-5-1)59-35-32-54(42-62(59)48-20-6-2-7-21-48)55-33-36-60-61-37-34-56(64-41-53-27-15-14-26-52(53)40-63(64)49-22-8-3-9-23-49)44-66(61)68(58-31-29-46-17-11-13-25-51(46)39-58)67(65(60)43-55)57-30-28-45-16-10-12-24-50(45)38-57/h1-44H. The van der Waals surface area contributed by atoms with Gasteiger partial charge in [0.25, 0.3) is 0 Å². The summed E-state index contributed by atoms with van der Waals surface area (Å²) < 4.78 is 0. The molecule has 0 heterocycles. The number of rotatable bonds is 7. The van der Waals surface area contributed by atoms with Crippen LogP contribution in [-0.4, -0.2) is 0 Å². The Morgan fingerprint density at radius 1 is 0.147 bits per heavy atom. The third-order valence-corrected chi connectivity index (χ3v) is 14.0. The summed E-state index contributed by atoms with van der Waals surface area (Å²) in [6.07, 6.45) is 0. The summed E-state index contributed by atoms with van der Waals surface area (Å²) in [5, 5.41) is 12.3. The first-order valence-corrected chi connectivity index (χ1v) is 23.6. The highest BCUT2D eigenvalue weighted by Gasteiger charge is 2.21. The fourth-order valence-electron chi connectivity index (χ4n) is 10.7. The molecule has 0 aliphatic heterocycles. The molecule has 316 valence electrons. The van der Waals surface area contributed by atoms with Gasteiger partial charge >= 0.3 is 0 Å². The van der Waals surface area contributed by atoms with Crippen LogP contribution < -0.4 is 0 Å². The zero-order valence-electron chi connectivity index (χ0n) is 37.4. The molecular formula is C68H44. The molecule has 0 unspecified atom stereocenters. The fraction of sp³-hybridized carbons (Fsp3) is 0. The van der Waals surface area contributed by atoms with Crippen LogP contribution in [0.4, 0.5) is 0 Å². The van der Waals surface area contributed by atoms with Gasteiger partial charge in [-0.05, 0) is 174 Å². The van der Waals surface area contributed by atoms with Crippen molar-refractivity contribution in [3.05, 3.63) is 267 Å². The average Bonchev–Trinajstić information content (AvgIpc) is 3.42. The van der Waals surface area contributed by atoms with Gasteiger partial charge in [0.15, 0.2) is 0 Å². The van der Waals surface area contributed by atoms with Crippen molar-refractivity contribution in [3.8, 4) is 77.9 Å². The van der Waals surface area contributed by atoms with Crippen LogP contribution in [0, 0.1) is 0 Å². The van der Waals surface area contributed by atoms with E-state index in [0.29, 0.717) is 0 Å². The van der Waals surface area contributed by atoms with Crippen LogP contribution in [-0.2, 0) is 0 Å². The molecule has 0 spiro atoms. The molecule has 0 bridgehead atoms. The Morgan fingerprint density at radius 2 is 0.485 bits per heavy atom. The molecule has 0 aliphatic carbocycles. The van der Waals surface area contributed by atoms with Gasteiger partial charge in [-0.3, -0.25) is 0 Å². The molecule has 0 heteroatoms. The zero-order valence-corrected chi connectivity index (χ0v) is 37.4. The van der Waals surface area contributed by atoms with E-state index in [1.165, 1.54) is 132 Å². The minimum atomic E-state index is 1.18. The van der Waals surface area contributed by atoms with Crippen LogP contribution in [0.15, 0.2) is 267 Å². The molecule has 0 amide bonds. The van der Waals surface area contributed by atoms with Gasteiger partial charge in [0.05, 0.1) is 0 Å². The molecule has 13 aromatic rings. The molecule has 13 aromatic carbocycles. The van der Waals surface area contributed by atoms with E-state index < -0.39 is 0 Å². The molecule has 0 aliphatic rings. The lowest BCUT2D eigenvalue weighted by atomic mass is 9.82. The van der Waals surface area contributed by atoms with Gasteiger partial charge in [-0.2, -0.15) is 0 Å². The van der Waals surface area contributed by atoms with Crippen molar-refractivity contribution in [2.75, 3.05) is 0 Å². The minimum absolute atomic E-state index is 1.18. The number of hydrogen-bond acceptors (Lipinski definition) is 0. The predicted octanol–water partition coefficient (Wildman–Crippen LogP) is 19.1. The van der Waals surface area contributed by atoms with Crippen molar-refractivity contribution in [1.82, 2.24) is 0 Å². The second kappa shape index (κ2) is 16.5. The minimum Gasteiger partial charge on any atom is -0.0622 e. The molecule has 0 N–H and O–H groups in total. The summed E-state index contributed by atoms with van der Waals surface area (Å²) in [6.45, 7) is 0. The van der Waals surface area contributed by atoms with Crippen LogP contribution in [0.3, 0.4) is 0 Å². The lowest BCUT2D eigenvalue weighted by molar-refractivity contribution is 1.57. The Labute approximate surface area is 396 Å². The molecule has 0 radical (unpaired) electrons. The summed E-state index contributed by atoms with van der Waals surface area (Å²) in [5.74, 6) is 0. The van der Waals surface area contributed by atoms with E-state index >= 15 is 0 Å². The predicted molar refractivity (Wildman–Crippen MR) is 292 cm³/mol. The molecule has 0 saturated heterocycles. The third-order valence-electron chi connectivity index (χ3n) is 14.0. The first-order valence-electron chi connectivity index (χ1n) is 23.6. The maximum Gasteiger partial charge on any atom is -0.00199 e. The molecule has 0 atom stereocenters. The van der Waals surface area contributed by atoms with E-state index in [1.807, 2.05) is 0 Å². The fourth-order valence-corrected chi connectivity index (χ4v) is 10.7. The quantitative estimate of drug-likeness (QED) is 0.140. The van der Waals surface area contributed by atoms with Crippen molar-refractivity contribution in [2.45, 2.75) is 0 Å². The summed E-state index contributed by atoms with van der Waals surface area (Å²) in [6, 6.07) is 98.8. The molecule has 0 aromatic heterocycles. The van der Waals surface area contributed by atoms with Crippen molar-refractivity contribution in [1.29, 1.82) is 0 Å². The van der Waals surface area contributed by atoms with Crippen LogP contribution in [0.1, 0.15) is 0 Å².